The number of thiophene rings is 2. The molecule has 0 fully saturated rings. The van der Waals surface area contributed by atoms with Gasteiger partial charge in [-0.2, -0.15) is 10.2 Å². The van der Waals surface area contributed by atoms with Crippen LogP contribution in [-0.4, -0.2) is 46.5 Å². The number of hydrogen-bond donors (Lipinski definition) is 3. The summed E-state index contributed by atoms with van der Waals surface area (Å²) in [7, 11) is 0. The van der Waals surface area contributed by atoms with Gasteiger partial charge in [-0.1, -0.05) is 0 Å². The first-order valence-corrected chi connectivity index (χ1v) is 15.7. The van der Waals surface area contributed by atoms with E-state index in [-0.39, 0.29) is 5.91 Å². The van der Waals surface area contributed by atoms with E-state index in [4.69, 9.17) is 10.8 Å². The molecular weight excluding hydrogens is 720 g/mol. The maximum atomic E-state index is 12.0. The maximum Gasteiger partial charge on any atom is 0.345 e. The number of nitrogens with two attached hydrogens (primary N) is 1. The van der Waals surface area contributed by atoms with Gasteiger partial charge >= 0.3 is 5.97 Å². The predicted octanol–water partition coefficient (Wildman–Crippen LogP) is 6.52. The van der Waals surface area contributed by atoms with Gasteiger partial charge in [-0.3, -0.25) is 24.1 Å². The van der Waals surface area contributed by atoms with Gasteiger partial charge in [0.25, 0.3) is 5.91 Å². The summed E-state index contributed by atoms with van der Waals surface area (Å²) in [6, 6.07) is 14.7. The average Bonchev–Trinajstić information content (AvgIpc) is 3.81. The third-order valence-electron chi connectivity index (χ3n) is 5.30. The number of rotatable bonds is 7. The number of aromatic nitrogens is 6. The highest BCUT2D eigenvalue weighted by molar-refractivity contribution is 9.10. The predicted molar refractivity (Wildman–Crippen MR) is 174 cm³/mol. The van der Waals surface area contributed by atoms with Crippen molar-refractivity contribution in [3.63, 3.8) is 0 Å². The molecule has 43 heavy (non-hydrogen) atoms. The number of nitrogens with zero attached hydrogens (tertiary/aromatic N) is 6. The number of pyridine rings is 2. The fraction of sp³-hybridized carbons (Fsp3) is 0.0714. The molecule has 0 bridgehead atoms. The van der Waals surface area contributed by atoms with Crippen LogP contribution in [0.3, 0.4) is 0 Å². The van der Waals surface area contributed by atoms with Gasteiger partial charge in [0.15, 0.2) is 5.82 Å². The van der Waals surface area contributed by atoms with Crippen molar-refractivity contribution in [2.75, 3.05) is 11.1 Å². The Morgan fingerprint density at radius 1 is 0.791 bits per heavy atom. The number of hydrogen-bond acceptors (Lipinski definition) is 9. The Bertz CT molecular complexity index is 1750. The van der Waals surface area contributed by atoms with Gasteiger partial charge in [0.05, 0.1) is 18.0 Å². The molecule has 0 spiro atoms. The van der Waals surface area contributed by atoms with Crippen molar-refractivity contribution in [2.45, 2.75) is 13.1 Å². The van der Waals surface area contributed by atoms with E-state index >= 15 is 0 Å². The zero-order valence-electron chi connectivity index (χ0n) is 22.2. The largest absolute Gasteiger partial charge is 0.477 e. The lowest BCUT2D eigenvalue weighted by Gasteiger charge is -2.01. The van der Waals surface area contributed by atoms with E-state index in [1.165, 1.54) is 22.7 Å². The first kappa shape index (κ1) is 31.7. The molecule has 4 N–H and O–H groups in total. The second-order valence-corrected chi connectivity index (χ2v) is 12.2. The molecule has 0 unspecified atom stereocenters. The summed E-state index contributed by atoms with van der Waals surface area (Å²) in [4.78, 5) is 31.1. The van der Waals surface area contributed by atoms with Crippen LogP contribution >= 0.6 is 54.5 Å². The number of anilines is 2. The molecule has 6 aromatic heterocycles. The average molecular weight is 744 g/mol. The summed E-state index contributed by atoms with van der Waals surface area (Å²) in [5.74, 6) is 0.0678. The first-order valence-electron chi connectivity index (χ1n) is 12.4. The van der Waals surface area contributed by atoms with Gasteiger partial charge in [0, 0.05) is 63.0 Å². The van der Waals surface area contributed by atoms with Crippen molar-refractivity contribution in [3.05, 3.63) is 126 Å². The number of nitrogens with one attached hydrogen (secondary N) is 1. The smallest absolute Gasteiger partial charge is 0.345 e. The molecule has 6 aromatic rings. The third-order valence-corrected chi connectivity index (χ3v) is 8.67. The van der Waals surface area contributed by atoms with Crippen LogP contribution in [0.4, 0.5) is 11.6 Å². The number of carboxylic acid groups (broad SMARTS) is 1. The summed E-state index contributed by atoms with van der Waals surface area (Å²) in [5, 5.41) is 23.2. The van der Waals surface area contributed by atoms with Crippen LogP contribution in [0.1, 0.15) is 30.5 Å². The topological polar surface area (TPSA) is 154 Å². The van der Waals surface area contributed by atoms with Crippen molar-refractivity contribution in [2.24, 2.45) is 0 Å². The first-order chi connectivity index (χ1) is 20.7. The molecule has 0 saturated heterocycles. The SMILES string of the molecule is Nc1ccn(Cc2ccncc2)n1.O=C(Nc1ccn(Cc2ccncc2)n1)c1cc(Br)cs1.O=C(O)c1cc(Br)cs1. The molecule has 6 rings (SSSR count). The minimum atomic E-state index is -0.870. The molecule has 0 aliphatic heterocycles. The van der Waals surface area contributed by atoms with Gasteiger partial charge in [0.1, 0.15) is 10.7 Å². The second kappa shape index (κ2) is 15.9. The number of nitrogen functional groups attached to an aromatic ring is 1. The molecule has 1 amide bonds. The number of carboxylic acids is 1. The van der Waals surface area contributed by atoms with Gasteiger partial charge in [-0.25, -0.2) is 4.79 Å². The summed E-state index contributed by atoms with van der Waals surface area (Å²) in [6.07, 6.45) is 10.7. The van der Waals surface area contributed by atoms with Crippen LogP contribution in [-0.2, 0) is 13.1 Å². The van der Waals surface area contributed by atoms with Crippen LogP contribution in [0.5, 0.6) is 0 Å². The molecule has 0 aliphatic rings. The van der Waals surface area contributed by atoms with Gasteiger partial charge in [0.2, 0.25) is 0 Å². The van der Waals surface area contributed by atoms with Crippen LogP contribution in [0.2, 0.25) is 0 Å². The van der Waals surface area contributed by atoms with Crippen LogP contribution in [0.25, 0.3) is 0 Å². The van der Waals surface area contributed by atoms with Crippen molar-refractivity contribution >= 4 is 78.0 Å². The standard InChI is InChI=1S/C14H11BrN4OS.C9H10N4.C5H3BrO2S/c15-11-7-12(21-9-11)14(20)17-13-3-6-19(18-13)8-10-1-4-16-5-2-10;10-9-3-6-13(12-9)7-8-1-4-11-5-2-8;6-3-1-4(5(7)8)9-2-3/h1-7,9H,8H2,(H,17,18,20);1-6H,7H2,(H2,10,12);1-2H,(H,7,8). The number of aromatic carboxylic acids is 1. The maximum absolute atomic E-state index is 12.0. The third kappa shape index (κ3) is 10.6. The molecule has 0 atom stereocenters. The monoisotopic (exact) mass is 742 g/mol. The second-order valence-electron chi connectivity index (χ2n) is 8.57. The highest BCUT2D eigenvalue weighted by Crippen LogP contribution is 2.21. The molecule has 15 heteroatoms. The molecule has 0 saturated carbocycles. The van der Waals surface area contributed by atoms with Crippen LogP contribution in [0, 0.1) is 0 Å². The van der Waals surface area contributed by atoms with Crippen molar-refractivity contribution < 1.29 is 14.7 Å². The number of halogens is 2. The molecule has 0 aliphatic carbocycles. The van der Waals surface area contributed by atoms with Gasteiger partial charge in [-0.05, 0) is 85.5 Å². The highest BCUT2D eigenvalue weighted by atomic mass is 79.9. The van der Waals surface area contributed by atoms with Gasteiger partial charge < -0.3 is 16.2 Å². The van der Waals surface area contributed by atoms with E-state index in [1.54, 1.807) is 63.8 Å². The van der Waals surface area contributed by atoms with Crippen LogP contribution < -0.4 is 11.1 Å². The van der Waals surface area contributed by atoms with E-state index < -0.39 is 5.97 Å². The molecule has 6 heterocycles. The Balaban J connectivity index is 0.000000163. The lowest BCUT2D eigenvalue weighted by atomic mass is 10.3. The Hall–Kier alpha value is -4.18. The molecule has 11 nitrogen and oxygen atoms in total. The summed E-state index contributed by atoms with van der Waals surface area (Å²) in [5.41, 5.74) is 7.76. The molecule has 0 aromatic carbocycles. The molecule has 220 valence electrons. The molecular formula is C28H24Br2N8O3S2. The molecule has 0 radical (unpaired) electrons. The highest BCUT2D eigenvalue weighted by Gasteiger charge is 2.10. The lowest BCUT2D eigenvalue weighted by molar-refractivity contribution is 0.0702. The van der Waals surface area contributed by atoms with Crippen molar-refractivity contribution in [1.82, 2.24) is 29.5 Å². The number of amides is 1. The Labute approximate surface area is 271 Å². The van der Waals surface area contributed by atoms with E-state index in [0.29, 0.717) is 27.9 Å². The summed E-state index contributed by atoms with van der Waals surface area (Å²) >= 11 is 9.08. The Kier molecular flexibility index (Phi) is 11.7. The Morgan fingerprint density at radius 2 is 1.30 bits per heavy atom. The fourth-order valence-electron chi connectivity index (χ4n) is 3.37. The normalized spacial score (nSPS) is 10.2. The quantitative estimate of drug-likeness (QED) is 0.167. The van der Waals surface area contributed by atoms with Crippen molar-refractivity contribution in [3.8, 4) is 0 Å². The summed E-state index contributed by atoms with van der Waals surface area (Å²) < 4.78 is 5.30. The van der Waals surface area contributed by atoms with Crippen LogP contribution in [0.15, 0.2) is 105 Å². The zero-order chi connectivity index (χ0) is 30.6. The number of carbonyl (C=O) groups is 2. The van der Waals surface area contributed by atoms with Crippen molar-refractivity contribution in [1.29, 1.82) is 0 Å². The fourth-order valence-corrected chi connectivity index (χ4v) is 5.95. The zero-order valence-corrected chi connectivity index (χ0v) is 27.1. The van der Waals surface area contributed by atoms with Gasteiger partial charge in [-0.15, -0.1) is 22.7 Å². The summed E-state index contributed by atoms with van der Waals surface area (Å²) in [6.45, 7) is 1.38. The van der Waals surface area contributed by atoms with E-state index in [2.05, 4.69) is 57.3 Å². The number of carbonyl (C=O) groups excluding carboxylic acids is 1. The minimum Gasteiger partial charge on any atom is -0.477 e. The lowest BCUT2D eigenvalue weighted by Crippen LogP contribution is -2.11. The Morgan fingerprint density at radius 3 is 1.74 bits per heavy atom. The minimum absolute atomic E-state index is 0.153. The van der Waals surface area contributed by atoms with E-state index in [0.717, 1.165) is 26.6 Å². The van der Waals surface area contributed by atoms with E-state index in [9.17, 15) is 9.59 Å². The van der Waals surface area contributed by atoms with E-state index in [1.807, 2.05) is 42.0 Å².